The standard InChI is InChI=1S/C25H23BrO5/c1-18-12-13-23(22(26)15-18)30-17-24(27)31-21-11-5-10-20(16-21)25(28)29-14-6-9-19-7-3-2-4-8-19/h2-5,7-8,10-13,15-16H,6,9,14,17H2,1H3. The van der Waals surface area contributed by atoms with E-state index in [1.165, 1.54) is 11.6 Å². The van der Waals surface area contributed by atoms with Crippen LogP contribution in [0.15, 0.2) is 77.3 Å². The molecule has 31 heavy (non-hydrogen) atoms. The molecule has 0 bridgehead atoms. The molecule has 0 aliphatic rings. The van der Waals surface area contributed by atoms with Crippen LogP contribution in [0.2, 0.25) is 0 Å². The Balaban J connectivity index is 1.46. The Morgan fingerprint density at radius 3 is 2.52 bits per heavy atom. The lowest BCUT2D eigenvalue weighted by molar-refractivity contribution is -0.136. The molecular formula is C25H23BrO5. The van der Waals surface area contributed by atoms with E-state index in [2.05, 4.69) is 15.9 Å². The van der Waals surface area contributed by atoms with E-state index in [9.17, 15) is 9.59 Å². The molecule has 0 saturated carbocycles. The predicted octanol–water partition coefficient (Wildman–Crippen LogP) is 5.53. The second-order valence-electron chi connectivity index (χ2n) is 6.95. The van der Waals surface area contributed by atoms with E-state index in [0.29, 0.717) is 17.9 Å². The molecule has 0 N–H and O–H groups in total. The first-order chi connectivity index (χ1) is 15.0. The maximum Gasteiger partial charge on any atom is 0.349 e. The van der Waals surface area contributed by atoms with Gasteiger partial charge in [-0.05, 0) is 77.2 Å². The minimum atomic E-state index is -0.569. The zero-order valence-corrected chi connectivity index (χ0v) is 18.8. The summed E-state index contributed by atoms with van der Waals surface area (Å²) in [5.41, 5.74) is 2.60. The number of hydrogen-bond acceptors (Lipinski definition) is 5. The van der Waals surface area contributed by atoms with Crippen molar-refractivity contribution in [3.05, 3.63) is 94.0 Å². The topological polar surface area (TPSA) is 61.8 Å². The van der Waals surface area contributed by atoms with Gasteiger partial charge in [0, 0.05) is 0 Å². The van der Waals surface area contributed by atoms with E-state index >= 15 is 0 Å². The summed E-state index contributed by atoms with van der Waals surface area (Å²) in [4.78, 5) is 24.4. The van der Waals surface area contributed by atoms with Gasteiger partial charge in [-0.15, -0.1) is 0 Å². The van der Waals surface area contributed by atoms with E-state index in [-0.39, 0.29) is 12.4 Å². The fraction of sp³-hybridized carbons (Fsp3) is 0.200. The van der Waals surface area contributed by atoms with Crippen molar-refractivity contribution in [2.45, 2.75) is 19.8 Å². The average Bonchev–Trinajstić information content (AvgIpc) is 2.77. The van der Waals surface area contributed by atoms with Crippen molar-refractivity contribution in [1.82, 2.24) is 0 Å². The molecule has 5 nitrogen and oxygen atoms in total. The Bertz CT molecular complexity index is 1030. The molecule has 3 rings (SSSR count). The van der Waals surface area contributed by atoms with Crippen LogP contribution in [0.5, 0.6) is 11.5 Å². The van der Waals surface area contributed by atoms with Gasteiger partial charge in [0.2, 0.25) is 0 Å². The van der Waals surface area contributed by atoms with Gasteiger partial charge in [0.1, 0.15) is 11.5 Å². The quantitative estimate of drug-likeness (QED) is 0.228. The third-order valence-electron chi connectivity index (χ3n) is 4.42. The van der Waals surface area contributed by atoms with Crippen LogP contribution in [0, 0.1) is 6.92 Å². The highest BCUT2D eigenvalue weighted by molar-refractivity contribution is 9.10. The molecule has 0 aliphatic carbocycles. The Morgan fingerprint density at radius 1 is 0.935 bits per heavy atom. The minimum Gasteiger partial charge on any atom is -0.481 e. The number of rotatable bonds is 9. The molecule has 0 atom stereocenters. The smallest absolute Gasteiger partial charge is 0.349 e. The first kappa shape index (κ1) is 22.6. The minimum absolute atomic E-state index is 0.254. The molecular weight excluding hydrogens is 460 g/mol. The van der Waals surface area contributed by atoms with Gasteiger partial charge < -0.3 is 14.2 Å². The molecule has 0 radical (unpaired) electrons. The van der Waals surface area contributed by atoms with Crippen molar-refractivity contribution in [3.63, 3.8) is 0 Å². The molecule has 0 unspecified atom stereocenters. The monoisotopic (exact) mass is 482 g/mol. The number of benzene rings is 3. The van der Waals surface area contributed by atoms with Crippen LogP contribution in [0.1, 0.15) is 27.9 Å². The summed E-state index contributed by atoms with van der Waals surface area (Å²) >= 11 is 3.40. The van der Waals surface area contributed by atoms with Gasteiger partial charge in [0.15, 0.2) is 6.61 Å². The van der Waals surface area contributed by atoms with Crippen molar-refractivity contribution >= 4 is 27.9 Å². The largest absolute Gasteiger partial charge is 0.481 e. The molecule has 0 saturated heterocycles. The van der Waals surface area contributed by atoms with E-state index in [1.54, 1.807) is 24.3 Å². The molecule has 160 valence electrons. The van der Waals surface area contributed by atoms with Crippen molar-refractivity contribution in [1.29, 1.82) is 0 Å². The number of hydrogen-bond donors (Lipinski definition) is 0. The predicted molar refractivity (Wildman–Crippen MR) is 121 cm³/mol. The average molecular weight is 483 g/mol. The number of esters is 2. The van der Waals surface area contributed by atoms with Crippen LogP contribution < -0.4 is 9.47 Å². The van der Waals surface area contributed by atoms with Crippen LogP contribution in [-0.4, -0.2) is 25.2 Å². The first-order valence-corrected chi connectivity index (χ1v) is 10.7. The van der Waals surface area contributed by atoms with Gasteiger partial charge in [-0.2, -0.15) is 0 Å². The number of aryl methyl sites for hydroxylation is 2. The van der Waals surface area contributed by atoms with Crippen LogP contribution in [0.3, 0.4) is 0 Å². The number of carbonyl (C=O) groups excluding carboxylic acids is 2. The summed E-state index contributed by atoms with van der Waals surface area (Å²) in [5, 5.41) is 0. The summed E-state index contributed by atoms with van der Waals surface area (Å²) in [6, 6.07) is 21.9. The Kier molecular flexibility index (Phi) is 8.24. The molecule has 3 aromatic rings. The lowest BCUT2D eigenvalue weighted by Crippen LogP contribution is -2.18. The summed E-state index contributed by atoms with van der Waals surface area (Å²) < 4.78 is 16.9. The molecule has 6 heteroatoms. The third-order valence-corrected chi connectivity index (χ3v) is 5.04. The van der Waals surface area contributed by atoms with Crippen LogP contribution in [0.25, 0.3) is 0 Å². The van der Waals surface area contributed by atoms with Gasteiger partial charge in [-0.25, -0.2) is 9.59 Å². The fourth-order valence-corrected chi connectivity index (χ4v) is 3.48. The normalized spacial score (nSPS) is 10.4. The molecule has 0 aliphatic heterocycles. The number of halogens is 1. The fourth-order valence-electron chi connectivity index (χ4n) is 2.88. The summed E-state index contributed by atoms with van der Waals surface area (Å²) in [7, 11) is 0. The maximum absolute atomic E-state index is 12.3. The Morgan fingerprint density at radius 2 is 1.74 bits per heavy atom. The van der Waals surface area contributed by atoms with Gasteiger partial charge in [0.05, 0.1) is 16.6 Å². The zero-order chi connectivity index (χ0) is 22.1. The third kappa shape index (κ3) is 7.26. The maximum atomic E-state index is 12.3. The molecule has 0 fully saturated rings. The van der Waals surface area contributed by atoms with Crippen molar-refractivity contribution in [3.8, 4) is 11.5 Å². The van der Waals surface area contributed by atoms with Crippen molar-refractivity contribution in [2.24, 2.45) is 0 Å². The Labute approximate surface area is 190 Å². The molecule has 0 spiro atoms. The number of carbonyl (C=O) groups is 2. The molecule has 0 heterocycles. The summed E-state index contributed by atoms with van der Waals surface area (Å²) in [6.45, 7) is 2.02. The van der Waals surface area contributed by atoms with Gasteiger partial charge >= 0.3 is 11.9 Å². The first-order valence-electron chi connectivity index (χ1n) is 9.92. The lowest BCUT2D eigenvalue weighted by Gasteiger charge is -2.10. The van der Waals surface area contributed by atoms with Gasteiger partial charge in [-0.1, -0.05) is 42.5 Å². The van der Waals surface area contributed by atoms with Gasteiger partial charge in [-0.3, -0.25) is 0 Å². The van der Waals surface area contributed by atoms with Crippen LogP contribution in [0.4, 0.5) is 0 Å². The highest BCUT2D eigenvalue weighted by atomic mass is 79.9. The lowest BCUT2D eigenvalue weighted by atomic mass is 10.1. The SMILES string of the molecule is Cc1ccc(OCC(=O)Oc2cccc(C(=O)OCCCc3ccccc3)c2)c(Br)c1. The second-order valence-corrected chi connectivity index (χ2v) is 7.80. The van der Waals surface area contributed by atoms with E-state index in [4.69, 9.17) is 14.2 Å². The van der Waals surface area contributed by atoms with E-state index in [1.807, 2.05) is 49.4 Å². The molecule has 0 aromatic heterocycles. The van der Waals surface area contributed by atoms with Crippen molar-refractivity contribution < 1.29 is 23.8 Å². The van der Waals surface area contributed by atoms with Gasteiger partial charge in [0.25, 0.3) is 0 Å². The molecule has 3 aromatic carbocycles. The summed E-state index contributed by atoms with van der Waals surface area (Å²) in [6.07, 6.45) is 1.57. The highest BCUT2D eigenvalue weighted by Gasteiger charge is 2.12. The molecule has 0 amide bonds. The highest BCUT2D eigenvalue weighted by Crippen LogP contribution is 2.25. The summed E-state index contributed by atoms with van der Waals surface area (Å²) in [5.74, 6) is -0.211. The second kappa shape index (κ2) is 11.3. The van der Waals surface area contributed by atoms with Crippen LogP contribution in [-0.2, 0) is 16.0 Å². The zero-order valence-electron chi connectivity index (χ0n) is 17.2. The Hall–Kier alpha value is -3.12. The van der Waals surface area contributed by atoms with E-state index in [0.717, 1.165) is 22.9 Å². The van der Waals surface area contributed by atoms with E-state index < -0.39 is 11.9 Å². The number of ether oxygens (including phenoxy) is 3. The van der Waals surface area contributed by atoms with Crippen molar-refractivity contribution in [2.75, 3.05) is 13.2 Å². The van der Waals surface area contributed by atoms with Crippen LogP contribution >= 0.6 is 15.9 Å².